The Balaban J connectivity index is 1.34. The van der Waals surface area contributed by atoms with Gasteiger partial charge in [0.25, 0.3) is 0 Å². The minimum Gasteiger partial charge on any atom is -0.355 e. The van der Waals surface area contributed by atoms with Gasteiger partial charge < -0.3 is 15.5 Å². The summed E-state index contributed by atoms with van der Waals surface area (Å²) in [6, 6.07) is 3.08. The van der Waals surface area contributed by atoms with Gasteiger partial charge in [0.1, 0.15) is 11.7 Å². The number of quaternary nitrogens is 2. The van der Waals surface area contributed by atoms with Gasteiger partial charge in [-0.3, -0.25) is 9.28 Å². The Labute approximate surface area is 265 Å². The summed E-state index contributed by atoms with van der Waals surface area (Å²) in [6.45, 7) is 21.8. The molecule has 3 N–H and O–H groups in total. The van der Waals surface area contributed by atoms with Crippen LogP contribution in [0.4, 0.5) is 5.82 Å². The second kappa shape index (κ2) is 11.5. The Morgan fingerprint density at radius 1 is 1.20 bits per heavy atom. The molecule has 0 saturated carbocycles. The van der Waals surface area contributed by atoms with E-state index in [1.54, 1.807) is 0 Å². The van der Waals surface area contributed by atoms with Crippen LogP contribution in [0.5, 0.6) is 0 Å². The zero-order valence-corrected chi connectivity index (χ0v) is 28.7. The Morgan fingerprint density at radius 3 is 2.64 bits per heavy atom. The van der Waals surface area contributed by atoms with Gasteiger partial charge in [0.05, 0.1) is 37.9 Å². The molecule has 4 aliphatic rings. The summed E-state index contributed by atoms with van der Waals surface area (Å²) in [5.41, 5.74) is 13.1. The second-order valence-electron chi connectivity index (χ2n) is 15.5. The number of aryl methyl sites for hydroxylation is 1. The Bertz CT molecular complexity index is 1380. The average Bonchev–Trinajstić information content (AvgIpc) is 3.63. The lowest BCUT2D eigenvalue weighted by Gasteiger charge is -2.50. The van der Waals surface area contributed by atoms with Crippen molar-refractivity contribution >= 4 is 17.4 Å². The number of nitrogens with two attached hydrogens (primary N) is 1. The van der Waals surface area contributed by atoms with Crippen LogP contribution in [0.2, 0.25) is 0 Å². The monoisotopic (exact) mass is 609 g/mol. The predicted molar refractivity (Wildman–Crippen MR) is 176 cm³/mol. The number of likely N-dealkylation sites (tertiary alicyclic amines) is 1. The van der Waals surface area contributed by atoms with Crippen LogP contribution in [0.3, 0.4) is 0 Å². The molecule has 0 radical (unpaired) electrons. The molecule has 6 heterocycles. The van der Waals surface area contributed by atoms with Gasteiger partial charge in [0.2, 0.25) is 12.6 Å². The van der Waals surface area contributed by atoms with E-state index >= 15 is 4.79 Å². The molecule has 2 aromatic heterocycles. The molecule has 4 saturated heterocycles. The number of carbonyl (C=O) groups is 1. The van der Waals surface area contributed by atoms with Crippen molar-refractivity contribution in [2.75, 3.05) is 51.3 Å². The molecule has 4 aliphatic heterocycles. The van der Waals surface area contributed by atoms with Crippen LogP contribution in [0, 0.1) is 18.8 Å². The lowest BCUT2D eigenvalue weighted by molar-refractivity contribution is -1.08. The number of nitrogens with one attached hydrogen (secondary N) is 1. The van der Waals surface area contributed by atoms with Gasteiger partial charge >= 0.3 is 0 Å². The van der Waals surface area contributed by atoms with Crippen LogP contribution < -0.4 is 16.1 Å². The molecule has 244 valence electrons. The number of aromatic nitrogens is 3. The maximum absolute atomic E-state index is 15.0. The Kier molecular flexibility index (Phi) is 8.29. The Hall–Kier alpha value is -2.27. The van der Waals surface area contributed by atoms with Crippen LogP contribution in [0.25, 0.3) is 5.65 Å². The SMILES string of the molecule is CCC1(C)C2C(C(=O)N3CCCCC3c3cc4nc(N5CCC(N)C5)c(C)cn4n3)CN[N+]1(C)C[N+]2(CC)C(C)CC(C)C. The van der Waals surface area contributed by atoms with Crippen molar-refractivity contribution in [3.05, 3.63) is 23.5 Å². The predicted octanol–water partition coefficient (Wildman–Crippen LogP) is 3.99. The van der Waals surface area contributed by atoms with Crippen molar-refractivity contribution in [2.45, 2.75) is 117 Å². The third-order valence-electron chi connectivity index (χ3n) is 12.5. The van der Waals surface area contributed by atoms with Gasteiger partial charge in [-0.05, 0) is 59.3 Å². The highest BCUT2D eigenvalue weighted by atomic mass is 16.2. The van der Waals surface area contributed by atoms with Crippen molar-refractivity contribution in [1.29, 1.82) is 0 Å². The highest BCUT2D eigenvalue weighted by molar-refractivity contribution is 5.80. The van der Waals surface area contributed by atoms with Crippen LogP contribution in [0.15, 0.2) is 12.3 Å². The molecule has 44 heavy (non-hydrogen) atoms. The first-order valence-electron chi connectivity index (χ1n) is 17.5. The summed E-state index contributed by atoms with van der Waals surface area (Å²) in [5.74, 6) is 1.89. The Morgan fingerprint density at radius 2 is 1.98 bits per heavy atom. The minimum absolute atomic E-state index is 0.0179. The molecule has 8 unspecified atom stereocenters. The summed E-state index contributed by atoms with van der Waals surface area (Å²) in [6.07, 6.45) is 8.42. The zero-order chi connectivity index (χ0) is 31.6. The largest absolute Gasteiger partial charge is 0.355 e. The molecular formula is C34H59N9O+2. The van der Waals surface area contributed by atoms with E-state index in [0.29, 0.717) is 17.9 Å². The smallest absolute Gasteiger partial charge is 0.234 e. The van der Waals surface area contributed by atoms with Crippen molar-refractivity contribution in [2.24, 2.45) is 17.6 Å². The van der Waals surface area contributed by atoms with E-state index in [1.807, 2.05) is 4.52 Å². The number of anilines is 1. The van der Waals surface area contributed by atoms with E-state index in [1.165, 1.54) is 6.42 Å². The number of nitrogens with zero attached hydrogens (tertiary/aromatic N) is 7. The molecule has 8 atom stereocenters. The lowest BCUT2D eigenvalue weighted by Crippen LogP contribution is -2.74. The van der Waals surface area contributed by atoms with Crippen molar-refractivity contribution in [3.63, 3.8) is 0 Å². The first-order valence-corrected chi connectivity index (χ1v) is 17.5. The van der Waals surface area contributed by atoms with Gasteiger partial charge in [-0.1, -0.05) is 20.8 Å². The third-order valence-corrected chi connectivity index (χ3v) is 12.5. The number of fused-ring (bicyclic) bond motifs is 3. The third kappa shape index (κ3) is 4.86. The number of hydrogen-bond donors (Lipinski definition) is 2. The molecule has 0 aliphatic carbocycles. The summed E-state index contributed by atoms with van der Waals surface area (Å²) in [4.78, 5) is 24.6. The highest BCUT2D eigenvalue weighted by Gasteiger charge is 2.74. The van der Waals surface area contributed by atoms with Gasteiger partial charge in [0, 0.05) is 56.3 Å². The molecular weight excluding hydrogens is 550 g/mol. The topological polar surface area (TPSA) is 91.8 Å². The van der Waals surface area contributed by atoms with Gasteiger partial charge in [-0.25, -0.2) is 9.50 Å². The summed E-state index contributed by atoms with van der Waals surface area (Å²) < 4.78 is 3.78. The number of hydrogen-bond acceptors (Lipinski definition) is 6. The standard InChI is InChI=1S/C34H59N9O/c1-9-34(7)31-27(19-36-42(34,8)22-43(31,10-2)25(6)17-23(3)4)33(44)40-15-12-11-13-29(40)28-18-30-37-32(24(5)20-41(30)38-28)39-16-14-26(35)21-39/h18,20,23,25-27,29,31,36H,9-17,19,21-22,35H2,1-8H3/q+2. The molecule has 2 aromatic rings. The maximum atomic E-state index is 15.0. The molecule has 10 heteroatoms. The van der Waals surface area contributed by atoms with E-state index in [2.05, 4.69) is 83.0 Å². The summed E-state index contributed by atoms with van der Waals surface area (Å²) >= 11 is 0. The number of carbonyl (C=O) groups excluding carboxylic acids is 1. The van der Waals surface area contributed by atoms with E-state index < -0.39 is 0 Å². The fourth-order valence-electron chi connectivity index (χ4n) is 9.95. The van der Waals surface area contributed by atoms with Crippen molar-refractivity contribution in [1.82, 2.24) is 24.9 Å². The minimum atomic E-state index is -0.0628. The zero-order valence-electron chi connectivity index (χ0n) is 28.7. The van der Waals surface area contributed by atoms with Crippen LogP contribution >= 0.6 is 0 Å². The summed E-state index contributed by atoms with van der Waals surface area (Å²) in [5, 5.41) is 5.06. The first kappa shape index (κ1) is 31.7. The molecule has 0 aromatic carbocycles. The number of piperidine rings is 1. The number of rotatable bonds is 8. The fourth-order valence-corrected chi connectivity index (χ4v) is 9.95. The fraction of sp³-hybridized carbons (Fsp3) is 0.794. The van der Waals surface area contributed by atoms with E-state index in [9.17, 15) is 0 Å². The molecule has 2 bridgehead atoms. The van der Waals surface area contributed by atoms with Gasteiger partial charge in [-0.2, -0.15) is 15.1 Å². The van der Waals surface area contributed by atoms with Gasteiger partial charge in [-0.15, -0.1) is 0 Å². The number of likely N-dealkylation sites (N-methyl/N-ethyl adjacent to an activating group) is 2. The van der Waals surface area contributed by atoms with Crippen LogP contribution in [-0.4, -0.2) is 105 Å². The first-order chi connectivity index (χ1) is 20.9. The van der Waals surface area contributed by atoms with E-state index in [0.717, 1.165) is 103 Å². The van der Waals surface area contributed by atoms with Crippen LogP contribution in [0.1, 0.15) is 97.4 Å². The average molecular weight is 610 g/mol. The van der Waals surface area contributed by atoms with Crippen LogP contribution in [-0.2, 0) is 4.79 Å². The van der Waals surface area contributed by atoms with Crippen molar-refractivity contribution < 1.29 is 13.9 Å². The molecule has 0 spiro atoms. The van der Waals surface area contributed by atoms with E-state index in [4.69, 9.17) is 15.8 Å². The second-order valence-corrected chi connectivity index (χ2v) is 15.5. The lowest BCUT2D eigenvalue weighted by atomic mass is 9.75. The molecule has 10 nitrogen and oxygen atoms in total. The number of amides is 1. The quantitative estimate of drug-likeness (QED) is 0.440. The molecule has 4 fully saturated rings. The van der Waals surface area contributed by atoms with Gasteiger partial charge in [0.15, 0.2) is 17.2 Å². The normalized spacial score (nSPS) is 36.5. The highest BCUT2D eigenvalue weighted by Crippen LogP contribution is 2.51. The van der Waals surface area contributed by atoms with Crippen molar-refractivity contribution in [3.8, 4) is 0 Å². The molecule has 1 amide bonds. The van der Waals surface area contributed by atoms with E-state index in [-0.39, 0.29) is 29.6 Å². The summed E-state index contributed by atoms with van der Waals surface area (Å²) in [7, 11) is 2.38. The molecule has 6 rings (SSSR count). The maximum Gasteiger partial charge on any atom is 0.234 e.